The van der Waals surface area contributed by atoms with Gasteiger partial charge in [-0.1, -0.05) is 6.07 Å². The zero-order chi connectivity index (χ0) is 14.8. The van der Waals surface area contributed by atoms with Gasteiger partial charge in [-0.2, -0.15) is 0 Å². The maximum absolute atomic E-state index is 11.3. The van der Waals surface area contributed by atoms with Crippen LogP contribution in [0.5, 0.6) is 17.2 Å². The third-order valence-electron chi connectivity index (χ3n) is 3.24. The van der Waals surface area contributed by atoms with Gasteiger partial charge in [-0.25, -0.2) is 0 Å². The summed E-state index contributed by atoms with van der Waals surface area (Å²) in [6.07, 6.45) is 0. The van der Waals surface area contributed by atoms with Crippen molar-refractivity contribution in [2.75, 3.05) is 12.5 Å². The average molecular weight is 285 g/mol. The SMILES string of the molecule is CC(=O)c1ccc(OCc2ccc3c(c2)OCO3)cc1N. The average Bonchev–Trinajstić information content (AvgIpc) is 2.92. The lowest BCUT2D eigenvalue weighted by atomic mass is 10.1. The van der Waals surface area contributed by atoms with Gasteiger partial charge < -0.3 is 19.9 Å². The van der Waals surface area contributed by atoms with E-state index in [0.29, 0.717) is 23.6 Å². The standard InChI is InChI=1S/C16H15NO4/c1-10(18)13-4-3-12(7-14(13)17)19-8-11-2-5-15-16(6-11)21-9-20-15/h2-7H,8-9,17H2,1H3. The molecular weight excluding hydrogens is 270 g/mol. The van der Waals surface area contributed by atoms with Crippen molar-refractivity contribution in [3.63, 3.8) is 0 Å². The van der Waals surface area contributed by atoms with Crippen LogP contribution in [-0.4, -0.2) is 12.6 Å². The maximum atomic E-state index is 11.3. The molecule has 0 atom stereocenters. The third kappa shape index (κ3) is 2.76. The number of rotatable bonds is 4. The predicted molar refractivity (Wildman–Crippen MR) is 77.8 cm³/mol. The highest BCUT2D eigenvalue weighted by Crippen LogP contribution is 2.32. The van der Waals surface area contributed by atoms with Gasteiger partial charge in [-0.15, -0.1) is 0 Å². The molecule has 0 amide bonds. The highest BCUT2D eigenvalue weighted by atomic mass is 16.7. The molecule has 21 heavy (non-hydrogen) atoms. The van der Waals surface area contributed by atoms with Gasteiger partial charge in [-0.05, 0) is 36.8 Å². The number of Topliss-reactive ketones (excluding diaryl/α,β-unsaturated/α-hetero) is 1. The number of anilines is 1. The van der Waals surface area contributed by atoms with Crippen molar-refractivity contribution in [3.05, 3.63) is 47.5 Å². The molecule has 0 aromatic heterocycles. The first kappa shape index (κ1) is 13.3. The van der Waals surface area contributed by atoms with Gasteiger partial charge in [0.1, 0.15) is 12.4 Å². The molecule has 0 bridgehead atoms. The fraction of sp³-hybridized carbons (Fsp3) is 0.188. The van der Waals surface area contributed by atoms with Gasteiger partial charge >= 0.3 is 0 Å². The second kappa shape index (κ2) is 5.36. The Bertz CT molecular complexity index is 697. The summed E-state index contributed by atoms with van der Waals surface area (Å²) in [5, 5.41) is 0. The molecule has 1 aliphatic rings. The molecule has 5 nitrogen and oxygen atoms in total. The minimum Gasteiger partial charge on any atom is -0.489 e. The molecule has 2 aromatic carbocycles. The largest absolute Gasteiger partial charge is 0.489 e. The number of benzene rings is 2. The minimum atomic E-state index is -0.0604. The van der Waals surface area contributed by atoms with Gasteiger partial charge in [0, 0.05) is 17.3 Å². The van der Waals surface area contributed by atoms with Gasteiger partial charge in [0.25, 0.3) is 0 Å². The topological polar surface area (TPSA) is 70.8 Å². The Kier molecular flexibility index (Phi) is 3.39. The Hall–Kier alpha value is -2.69. The quantitative estimate of drug-likeness (QED) is 0.691. The van der Waals surface area contributed by atoms with Crippen LogP contribution in [0.2, 0.25) is 0 Å². The molecule has 108 valence electrons. The zero-order valence-electron chi connectivity index (χ0n) is 11.6. The summed E-state index contributed by atoms with van der Waals surface area (Å²) in [6, 6.07) is 10.7. The van der Waals surface area contributed by atoms with E-state index in [9.17, 15) is 4.79 Å². The van der Waals surface area contributed by atoms with Gasteiger partial charge in [0.15, 0.2) is 17.3 Å². The lowest BCUT2D eigenvalue weighted by Crippen LogP contribution is -2.01. The summed E-state index contributed by atoms with van der Waals surface area (Å²) in [6.45, 7) is 2.12. The van der Waals surface area contributed by atoms with Crippen molar-refractivity contribution in [3.8, 4) is 17.2 Å². The molecule has 0 spiro atoms. The molecule has 5 heteroatoms. The summed E-state index contributed by atoms with van der Waals surface area (Å²) in [5.41, 5.74) is 7.72. The summed E-state index contributed by atoms with van der Waals surface area (Å²) >= 11 is 0. The van der Waals surface area contributed by atoms with E-state index < -0.39 is 0 Å². The Morgan fingerprint density at radius 1 is 1.19 bits per heavy atom. The van der Waals surface area contributed by atoms with Gasteiger partial charge in [0.05, 0.1) is 0 Å². The molecule has 0 radical (unpaired) electrons. The van der Waals surface area contributed by atoms with E-state index in [-0.39, 0.29) is 12.6 Å². The summed E-state index contributed by atoms with van der Waals surface area (Å²) in [4.78, 5) is 11.3. The van der Waals surface area contributed by atoms with E-state index in [1.54, 1.807) is 18.2 Å². The van der Waals surface area contributed by atoms with Crippen molar-refractivity contribution < 1.29 is 19.0 Å². The van der Waals surface area contributed by atoms with Crippen molar-refractivity contribution >= 4 is 11.5 Å². The van der Waals surface area contributed by atoms with Crippen LogP contribution < -0.4 is 19.9 Å². The molecule has 1 heterocycles. The number of nitrogen functional groups attached to an aromatic ring is 1. The molecule has 2 N–H and O–H groups in total. The first-order chi connectivity index (χ1) is 10.1. The number of hydrogen-bond acceptors (Lipinski definition) is 5. The fourth-order valence-electron chi connectivity index (χ4n) is 2.15. The second-order valence-electron chi connectivity index (χ2n) is 4.78. The fourth-order valence-corrected chi connectivity index (χ4v) is 2.15. The summed E-state index contributed by atoms with van der Waals surface area (Å²) in [7, 11) is 0. The number of ketones is 1. The summed E-state index contributed by atoms with van der Waals surface area (Å²) in [5.74, 6) is 2.03. The van der Waals surface area contributed by atoms with Crippen LogP contribution in [0.3, 0.4) is 0 Å². The van der Waals surface area contributed by atoms with Gasteiger partial charge in [0.2, 0.25) is 6.79 Å². The van der Waals surface area contributed by atoms with Crippen LogP contribution in [-0.2, 0) is 6.61 Å². The highest BCUT2D eigenvalue weighted by Gasteiger charge is 2.13. The number of carbonyl (C=O) groups is 1. The van der Waals surface area contributed by atoms with E-state index in [1.165, 1.54) is 6.92 Å². The van der Waals surface area contributed by atoms with Crippen LogP contribution in [0.15, 0.2) is 36.4 Å². The lowest BCUT2D eigenvalue weighted by molar-refractivity contribution is 0.101. The molecule has 3 rings (SSSR count). The van der Waals surface area contributed by atoms with Crippen LogP contribution in [0.25, 0.3) is 0 Å². The van der Waals surface area contributed by atoms with Crippen molar-refractivity contribution in [2.45, 2.75) is 13.5 Å². The Morgan fingerprint density at radius 2 is 2.00 bits per heavy atom. The number of fused-ring (bicyclic) bond motifs is 1. The molecule has 0 saturated carbocycles. The first-order valence-corrected chi connectivity index (χ1v) is 6.55. The Labute approximate surface area is 122 Å². The predicted octanol–water partition coefficient (Wildman–Crippen LogP) is 2.78. The second-order valence-corrected chi connectivity index (χ2v) is 4.78. The van der Waals surface area contributed by atoms with E-state index in [4.69, 9.17) is 19.9 Å². The van der Waals surface area contributed by atoms with Crippen LogP contribution in [0.4, 0.5) is 5.69 Å². The smallest absolute Gasteiger partial charge is 0.231 e. The molecule has 0 unspecified atom stereocenters. The van der Waals surface area contributed by atoms with Crippen molar-refractivity contribution in [1.29, 1.82) is 0 Å². The maximum Gasteiger partial charge on any atom is 0.231 e. The first-order valence-electron chi connectivity index (χ1n) is 6.55. The van der Waals surface area contributed by atoms with E-state index >= 15 is 0 Å². The Balaban J connectivity index is 1.70. The minimum absolute atomic E-state index is 0.0604. The normalized spacial score (nSPS) is 12.2. The van der Waals surface area contributed by atoms with Gasteiger partial charge in [-0.3, -0.25) is 4.79 Å². The van der Waals surface area contributed by atoms with Crippen LogP contribution >= 0.6 is 0 Å². The Morgan fingerprint density at radius 3 is 2.76 bits per heavy atom. The van der Waals surface area contributed by atoms with Crippen LogP contribution in [0, 0.1) is 0 Å². The lowest BCUT2D eigenvalue weighted by Gasteiger charge is -2.09. The number of carbonyl (C=O) groups excluding carboxylic acids is 1. The zero-order valence-corrected chi connectivity index (χ0v) is 11.6. The molecular formula is C16H15NO4. The van der Waals surface area contributed by atoms with Crippen molar-refractivity contribution in [1.82, 2.24) is 0 Å². The van der Waals surface area contributed by atoms with Crippen LogP contribution in [0.1, 0.15) is 22.8 Å². The van der Waals surface area contributed by atoms with E-state index in [2.05, 4.69) is 0 Å². The third-order valence-corrected chi connectivity index (χ3v) is 3.24. The molecule has 1 aliphatic heterocycles. The monoisotopic (exact) mass is 285 g/mol. The molecule has 2 aromatic rings. The van der Waals surface area contributed by atoms with E-state index in [0.717, 1.165) is 17.1 Å². The molecule has 0 aliphatic carbocycles. The summed E-state index contributed by atoms with van der Waals surface area (Å²) < 4.78 is 16.3. The molecule has 0 fully saturated rings. The number of hydrogen-bond donors (Lipinski definition) is 1. The number of nitrogens with two attached hydrogens (primary N) is 1. The van der Waals surface area contributed by atoms with Crippen molar-refractivity contribution in [2.24, 2.45) is 0 Å². The number of ether oxygens (including phenoxy) is 3. The highest BCUT2D eigenvalue weighted by molar-refractivity contribution is 5.99. The molecule has 0 saturated heterocycles. The van der Waals surface area contributed by atoms with E-state index in [1.807, 2.05) is 18.2 Å².